The van der Waals surface area contributed by atoms with E-state index < -0.39 is 0 Å². The Kier molecular flexibility index (Phi) is 2.88. The summed E-state index contributed by atoms with van der Waals surface area (Å²) in [5.74, 6) is 0.0439. The van der Waals surface area contributed by atoms with Crippen LogP contribution in [0.1, 0.15) is 20.3 Å². The first-order chi connectivity index (χ1) is 5.20. The fourth-order valence-corrected chi connectivity index (χ4v) is 1.18. The Bertz CT molecular complexity index is 139. The number of carbonyl (C=O) groups is 1. The van der Waals surface area contributed by atoms with Crippen molar-refractivity contribution in [3.05, 3.63) is 0 Å². The molecular formula is C8H15NO2. The summed E-state index contributed by atoms with van der Waals surface area (Å²) < 4.78 is 5.06. The molecule has 1 atom stereocenters. The van der Waals surface area contributed by atoms with Crippen LogP contribution in [0.4, 0.5) is 0 Å². The standard InChI is InChI=1S/C8H15NO2/c1-6(2)11-8(10)7-3-4-9-5-7/h6-7,9H,3-5H2,1-2H3/t7-/m1/s1. The van der Waals surface area contributed by atoms with Crippen molar-refractivity contribution in [3.8, 4) is 0 Å². The fourth-order valence-electron chi connectivity index (χ4n) is 1.18. The summed E-state index contributed by atoms with van der Waals surface area (Å²) in [4.78, 5) is 11.2. The molecule has 1 rings (SSSR count). The second kappa shape index (κ2) is 3.72. The number of nitrogens with one attached hydrogen (secondary N) is 1. The van der Waals surface area contributed by atoms with Crippen LogP contribution in [0.2, 0.25) is 0 Å². The highest BCUT2D eigenvalue weighted by atomic mass is 16.5. The molecule has 3 nitrogen and oxygen atoms in total. The predicted octanol–water partition coefficient (Wildman–Crippen LogP) is 0.547. The molecule has 0 aromatic rings. The molecule has 0 bridgehead atoms. The number of ether oxygens (including phenoxy) is 1. The fraction of sp³-hybridized carbons (Fsp3) is 0.875. The second-order valence-corrected chi connectivity index (χ2v) is 3.18. The summed E-state index contributed by atoms with van der Waals surface area (Å²) >= 11 is 0. The average Bonchev–Trinajstić information content (AvgIpc) is 2.35. The molecule has 1 saturated heterocycles. The number of carbonyl (C=O) groups excluding carboxylic acids is 1. The minimum Gasteiger partial charge on any atom is -0.463 e. The molecule has 1 fully saturated rings. The van der Waals surface area contributed by atoms with E-state index in [1.54, 1.807) is 0 Å². The van der Waals surface area contributed by atoms with Crippen molar-refractivity contribution in [1.82, 2.24) is 5.32 Å². The van der Waals surface area contributed by atoms with Crippen molar-refractivity contribution >= 4 is 5.97 Å². The average molecular weight is 157 g/mol. The van der Waals surface area contributed by atoms with Gasteiger partial charge in [-0.05, 0) is 26.8 Å². The highest BCUT2D eigenvalue weighted by Crippen LogP contribution is 2.10. The van der Waals surface area contributed by atoms with Gasteiger partial charge in [-0.3, -0.25) is 4.79 Å². The van der Waals surface area contributed by atoms with Gasteiger partial charge in [0.15, 0.2) is 0 Å². The summed E-state index contributed by atoms with van der Waals surface area (Å²) in [5, 5.41) is 3.13. The largest absolute Gasteiger partial charge is 0.463 e. The van der Waals surface area contributed by atoms with Crippen LogP contribution < -0.4 is 5.32 Å². The van der Waals surface area contributed by atoms with E-state index in [9.17, 15) is 4.79 Å². The summed E-state index contributed by atoms with van der Waals surface area (Å²) in [6.07, 6.45) is 0.939. The van der Waals surface area contributed by atoms with Crippen LogP contribution in [-0.4, -0.2) is 25.2 Å². The lowest BCUT2D eigenvalue weighted by atomic mass is 10.1. The first-order valence-corrected chi connectivity index (χ1v) is 4.11. The van der Waals surface area contributed by atoms with Crippen LogP contribution in [0.25, 0.3) is 0 Å². The molecule has 3 heteroatoms. The normalized spacial score (nSPS) is 24.1. The van der Waals surface area contributed by atoms with E-state index in [1.807, 2.05) is 13.8 Å². The SMILES string of the molecule is CC(C)OC(=O)[C@@H]1CCNC1. The summed E-state index contributed by atoms with van der Waals surface area (Å²) in [5.41, 5.74) is 0. The Morgan fingerprint density at radius 2 is 2.36 bits per heavy atom. The van der Waals surface area contributed by atoms with Gasteiger partial charge in [-0.25, -0.2) is 0 Å². The third-order valence-corrected chi connectivity index (χ3v) is 1.75. The predicted molar refractivity (Wildman–Crippen MR) is 42.2 cm³/mol. The van der Waals surface area contributed by atoms with Gasteiger partial charge in [-0.2, -0.15) is 0 Å². The van der Waals surface area contributed by atoms with E-state index in [0.717, 1.165) is 19.5 Å². The van der Waals surface area contributed by atoms with Gasteiger partial charge >= 0.3 is 5.97 Å². The summed E-state index contributed by atoms with van der Waals surface area (Å²) in [6.45, 7) is 5.48. The van der Waals surface area contributed by atoms with E-state index in [4.69, 9.17) is 4.74 Å². The van der Waals surface area contributed by atoms with Gasteiger partial charge in [-0.15, -0.1) is 0 Å². The number of rotatable bonds is 2. The smallest absolute Gasteiger partial charge is 0.310 e. The van der Waals surface area contributed by atoms with E-state index in [2.05, 4.69) is 5.32 Å². The minimum absolute atomic E-state index is 0.0168. The molecule has 0 saturated carbocycles. The molecular weight excluding hydrogens is 142 g/mol. The molecule has 0 aromatic carbocycles. The van der Waals surface area contributed by atoms with Gasteiger partial charge < -0.3 is 10.1 Å². The molecule has 11 heavy (non-hydrogen) atoms. The second-order valence-electron chi connectivity index (χ2n) is 3.18. The maximum atomic E-state index is 11.2. The van der Waals surface area contributed by atoms with E-state index in [-0.39, 0.29) is 18.0 Å². The van der Waals surface area contributed by atoms with Crippen molar-refractivity contribution in [1.29, 1.82) is 0 Å². The van der Waals surface area contributed by atoms with Gasteiger partial charge in [0.25, 0.3) is 0 Å². The van der Waals surface area contributed by atoms with E-state index >= 15 is 0 Å². The zero-order valence-corrected chi connectivity index (χ0v) is 7.09. The number of esters is 1. The third-order valence-electron chi connectivity index (χ3n) is 1.75. The van der Waals surface area contributed by atoms with Crippen LogP contribution in [-0.2, 0) is 9.53 Å². The lowest BCUT2D eigenvalue weighted by Crippen LogP contribution is -2.22. The Labute approximate surface area is 67.1 Å². The number of hydrogen-bond acceptors (Lipinski definition) is 3. The van der Waals surface area contributed by atoms with Crippen LogP contribution in [0.5, 0.6) is 0 Å². The Morgan fingerprint density at radius 3 is 2.82 bits per heavy atom. The highest BCUT2D eigenvalue weighted by Gasteiger charge is 2.24. The summed E-state index contributed by atoms with van der Waals surface area (Å²) in [7, 11) is 0. The van der Waals surface area contributed by atoms with Gasteiger partial charge in [0.2, 0.25) is 0 Å². The molecule has 0 radical (unpaired) electrons. The van der Waals surface area contributed by atoms with E-state index in [1.165, 1.54) is 0 Å². The van der Waals surface area contributed by atoms with Crippen LogP contribution >= 0.6 is 0 Å². The van der Waals surface area contributed by atoms with Crippen LogP contribution in [0, 0.1) is 5.92 Å². The van der Waals surface area contributed by atoms with Crippen LogP contribution in [0.15, 0.2) is 0 Å². The van der Waals surface area contributed by atoms with Gasteiger partial charge in [-0.1, -0.05) is 0 Å². The molecule has 64 valence electrons. The van der Waals surface area contributed by atoms with Gasteiger partial charge in [0, 0.05) is 6.54 Å². The quantitative estimate of drug-likeness (QED) is 0.595. The van der Waals surface area contributed by atoms with Crippen molar-refractivity contribution in [2.45, 2.75) is 26.4 Å². The number of hydrogen-bond donors (Lipinski definition) is 1. The first kappa shape index (κ1) is 8.53. The Morgan fingerprint density at radius 1 is 1.64 bits per heavy atom. The molecule has 1 aliphatic rings. The van der Waals surface area contributed by atoms with Crippen molar-refractivity contribution < 1.29 is 9.53 Å². The Hall–Kier alpha value is -0.570. The van der Waals surface area contributed by atoms with Crippen molar-refractivity contribution in [2.75, 3.05) is 13.1 Å². The highest BCUT2D eigenvalue weighted by molar-refractivity contribution is 5.73. The molecule has 1 N–H and O–H groups in total. The first-order valence-electron chi connectivity index (χ1n) is 4.11. The summed E-state index contributed by atoms with van der Waals surface area (Å²) in [6, 6.07) is 0. The van der Waals surface area contributed by atoms with Gasteiger partial charge in [0.1, 0.15) is 0 Å². The zero-order chi connectivity index (χ0) is 8.27. The van der Waals surface area contributed by atoms with Crippen LogP contribution in [0.3, 0.4) is 0 Å². The Balaban J connectivity index is 2.28. The maximum Gasteiger partial charge on any atom is 0.310 e. The monoisotopic (exact) mass is 157 g/mol. The lowest BCUT2D eigenvalue weighted by molar-refractivity contribution is -0.151. The van der Waals surface area contributed by atoms with E-state index in [0.29, 0.717) is 0 Å². The molecule has 0 unspecified atom stereocenters. The molecule has 1 heterocycles. The van der Waals surface area contributed by atoms with Crippen molar-refractivity contribution in [3.63, 3.8) is 0 Å². The van der Waals surface area contributed by atoms with Crippen molar-refractivity contribution in [2.24, 2.45) is 5.92 Å². The maximum absolute atomic E-state index is 11.2. The molecule has 0 amide bonds. The third kappa shape index (κ3) is 2.50. The zero-order valence-electron chi connectivity index (χ0n) is 7.09. The molecule has 0 aromatic heterocycles. The lowest BCUT2D eigenvalue weighted by Gasteiger charge is -2.11. The minimum atomic E-state index is -0.0509. The molecule has 0 aliphatic carbocycles. The van der Waals surface area contributed by atoms with Gasteiger partial charge in [0.05, 0.1) is 12.0 Å². The molecule has 0 spiro atoms. The topological polar surface area (TPSA) is 38.3 Å². The molecule has 1 aliphatic heterocycles.